The molecule has 3 aromatic rings. The van der Waals surface area contributed by atoms with Crippen LogP contribution < -0.4 is 10.1 Å². The molecule has 5 nitrogen and oxygen atoms in total. The molecule has 0 aliphatic rings. The fourth-order valence-electron chi connectivity index (χ4n) is 3.03. The van der Waals surface area contributed by atoms with Crippen LogP contribution >= 0.6 is 0 Å². The quantitative estimate of drug-likeness (QED) is 0.305. The predicted molar refractivity (Wildman–Crippen MR) is 116 cm³/mol. The Bertz CT molecular complexity index is 957. The molecule has 2 N–H and O–H groups in total. The molecule has 1 unspecified atom stereocenters. The number of aliphatic hydroxyl groups is 1. The molecular formula is C25H25NO4. The van der Waals surface area contributed by atoms with Gasteiger partial charge in [0.15, 0.2) is 6.23 Å². The average Bonchev–Trinajstić information content (AvgIpc) is 2.79. The van der Waals surface area contributed by atoms with Crippen LogP contribution in [0.5, 0.6) is 5.75 Å². The number of Topliss-reactive ketones (excluding diaryl/α,β-unsaturated/α-hetero) is 1. The molecule has 0 aliphatic carbocycles. The standard InChI is InChI=1S/C25H25NO4/c27-23(25(29)26-24(28)20-13-5-2-6-14-20)21-15-9-16-22(18-21)30-17-8-7-12-19-10-3-1-4-11-19/h1-6,9-11,13-16,18,25,29H,7-8,12,17H2,(H,26,28). The lowest BCUT2D eigenvalue weighted by molar-refractivity contribution is 0.0607. The number of ether oxygens (including phenoxy) is 1. The Hall–Kier alpha value is -3.44. The Morgan fingerprint density at radius 2 is 1.50 bits per heavy atom. The number of hydrogen-bond acceptors (Lipinski definition) is 4. The number of carbonyl (C=O) groups excluding carboxylic acids is 2. The van der Waals surface area contributed by atoms with E-state index in [4.69, 9.17) is 4.74 Å². The number of carbonyl (C=O) groups is 2. The van der Waals surface area contributed by atoms with Crippen LogP contribution in [0.25, 0.3) is 0 Å². The highest BCUT2D eigenvalue weighted by molar-refractivity contribution is 6.03. The van der Waals surface area contributed by atoms with E-state index in [9.17, 15) is 14.7 Å². The number of amides is 1. The minimum atomic E-state index is -1.63. The van der Waals surface area contributed by atoms with E-state index in [0.717, 1.165) is 19.3 Å². The van der Waals surface area contributed by atoms with Gasteiger partial charge in [0.2, 0.25) is 5.78 Å². The number of nitrogens with one attached hydrogen (secondary N) is 1. The summed E-state index contributed by atoms with van der Waals surface area (Å²) in [4.78, 5) is 24.6. The van der Waals surface area contributed by atoms with E-state index >= 15 is 0 Å². The number of rotatable bonds is 10. The zero-order valence-corrected chi connectivity index (χ0v) is 16.7. The Balaban J connectivity index is 1.47. The second kappa shape index (κ2) is 10.9. The highest BCUT2D eigenvalue weighted by Gasteiger charge is 2.20. The number of aliphatic hydroxyl groups excluding tert-OH is 1. The number of ketones is 1. The monoisotopic (exact) mass is 403 g/mol. The maximum absolute atomic E-state index is 12.5. The summed E-state index contributed by atoms with van der Waals surface area (Å²) in [6.45, 7) is 0.539. The molecule has 0 fully saturated rings. The summed E-state index contributed by atoms with van der Waals surface area (Å²) in [7, 11) is 0. The van der Waals surface area contributed by atoms with Crippen LogP contribution in [0.3, 0.4) is 0 Å². The zero-order chi connectivity index (χ0) is 21.2. The minimum absolute atomic E-state index is 0.276. The smallest absolute Gasteiger partial charge is 0.253 e. The molecule has 3 aromatic carbocycles. The van der Waals surface area contributed by atoms with Gasteiger partial charge in [-0.15, -0.1) is 0 Å². The lowest BCUT2D eigenvalue weighted by Gasteiger charge is -2.13. The molecule has 30 heavy (non-hydrogen) atoms. The summed E-state index contributed by atoms with van der Waals surface area (Å²) in [6.07, 6.45) is 1.27. The van der Waals surface area contributed by atoms with Gasteiger partial charge in [-0.3, -0.25) is 9.59 Å². The van der Waals surface area contributed by atoms with Crippen LogP contribution in [-0.4, -0.2) is 29.6 Å². The molecule has 0 spiro atoms. The van der Waals surface area contributed by atoms with E-state index in [1.807, 2.05) is 18.2 Å². The predicted octanol–water partition coefficient (Wildman–Crippen LogP) is 4.02. The normalized spacial score (nSPS) is 11.5. The SMILES string of the molecule is O=C(NC(O)C(=O)c1cccc(OCCCCc2ccccc2)c1)c1ccccc1. The van der Waals surface area contributed by atoms with E-state index in [1.54, 1.807) is 54.6 Å². The first-order valence-corrected chi connectivity index (χ1v) is 9.98. The lowest BCUT2D eigenvalue weighted by Crippen LogP contribution is -2.40. The summed E-state index contributed by atoms with van der Waals surface area (Å²) in [6, 6.07) is 25.3. The highest BCUT2D eigenvalue weighted by atomic mass is 16.5. The van der Waals surface area contributed by atoms with Crippen molar-refractivity contribution in [2.24, 2.45) is 0 Å². The molecule has 3 rings (SSSR count). The van der Waals surface area contributed by atoms with E-state index in [-0.39, 0.29) is 5.56 Å². The third-order valence-corrected chi connectivity index (χ3v) is 4.64. The van der Waals surface area contributed by atoms with Crippen LogP contribution in [0.4, 0.5) is 0 Å². The third-order valence-electron chi connectivity index (χ3n) is 4.64. The summed E-state index contributed by atoms with van der Waals surface area (Å²) >= 11 is 0. The van der Waals surface area contributed by atoms with E-state index < -0.39 is 17.9 Å². The summed E-state index contributed by atoms with van der Waals surface area (Å²) in [5, 5.41) is 12.4. The molecule has 0 bridgehead atoms. The van der Waals surface area contributed by atoms with Crippen molar-refractivity contribution >= 4 is 11.7 Å². The van der Waals surface area contributed by atoms with Crippen LogP contribution in [0.15, 0.2) is 84.9 Å². The van der Waals surface area contributed by atoms with Crippen molar-refractivity contribution in [1.29, 1.82) is 0 Å². The van der Waals surface area contributed by atoms with Crippen molar-refractivity contribution in [3.05, 3.63) is 102 Å². The molecule has 0 heterocycles. The first kappa shape index (κ1) is 21.3. The van der Waals surface area contributed by atoms with Crippen LogP contribution in [0, 0.1) is 0 Å². The van der Waals surface area contributed by atoms with E-state index in [0.29, 0.717) is 17.9 Å². The van der Waals surface area contributed by atoms with Gasteiger partial charge in [-0.2, -0.15) is 0 Å². The second-order valence-corrected chi connectivity index (χ2v) is 6.93. The van der Waals surface area contributed by atoms with Gasteiger partial charge in [-0.05, 0) is 49.1 Å². The van der Waals surface area contributed by atoms with Crippen LogP contribution in [0.1, 0.15) is 39.1 Å². The van der Waals surface area contributed by atoms with Gasteiger partial charge in [-0.1, -0.05) is 60.7 Å². The Morgan fingerprint density at radius 3 is 2.23 bits per heavy atom. The van der Waals surface area contributed by atoms with Crippen molar-refractivity contribution in [1.82, 2.24) is 5.32 Å². The topological polar surface area (TPSA) is 75.6 Å². The second-order valence-electron chi connectivity index (χ2n) is 6.93. The summed E-state index contributed by atoms with van der Waals surface area (Å²) in [5.74, 6) is -0.543. The maximum Gasteiger partial charge on any atom is 0.253 e. The van der Waals surface area contributed by atoms with Crippen molar-refractivity contribution in [2.45, 2.75) is 25.5 Å². The fourth-order valence-corrected chi connectivity index (χ4v) is 3.03. The number of unbranched alkanes of at least 4 members (excludes halogenated alkanes) is 1. The lowest BCUT2D eigenvalue weighted by atomic mass is 10.1. The zero-order valence-electron chi connectivity index (χ0n) is 16.7. The molecule has 0 aliphatic heterocycles. The van der Waals surface area contributed by atoms with E-state index in [1.165, 1.54) is 5.56 Å². The number of benzene rings is 3. The molecular weight excluding hydrogens is 378 g/mol. The number of hydrogen-bond donors (Lipinski definition) is 2. The van der Waals surface area contributed by atoms with Crippen molar-refractivity contribution in [2.75, 3.05) is 6.61 Å². The molecule has 0 saturated carbocycles. The molecule has 0 saturated heterocycles. The minimum Gasteiger partial charge on any atom is -0.494 e. The Morgan fingerprint density at radius 1 is 0.833 bits per heavy atom. The van der Waals surface area contributed by atoms with Crippen molar-refractivity contribution in [3.8, 4) is 5.75 Å². The van der Waals surface area contributed by atoms with Gasteiger partial charge in [0.1, 0.15) is 5.75 Å². The molecule has 0 aromatic heterocycles. The van der Waals surface area contributed by atoms with Crippen molar-refractivity contribution < 1.29 is 19.4 Å². The molecule has 0 radical (unpaired) electrons. The van der Waals surface area contributed by atoms with Crippen molar-refractivity contribution in [3.63, 3.8) is 0 Å². The van der Waals surface area contributed by atoms with Gasteiger partial charge >= 0.3 is 0 Å². The third kappa shape index (κ3) is 6.29. The molecule has 1 atom stereocenters. The molecule has 1 amide bonds. The highest BCUT2D eigenvalue weighted by Crippen LogP contribution is 2.16. The molecule has 5 heteroatoms. The van der Waals surface area contributed by atoms with Crippen LogP contribution in [0.2, 0.25) is 0 Å². The van der Waals surface area contributed by atoms with Gasteiger partial charge in [-0.25, -0.2) is 0 Å². The Kier molecular flexibility index (Phi) is 7.75. The fraction of sp³-hybridized carbons (Fsp3) is 0.200. The Labute approximate surface area is 176 Å². The van der Waals surface area contributed by atoms with E-state index in [2.05, 4.69) is 17.4 Å². The van der Waals surface area contributed by atoms with Gasteiger partial charge in [0.05, 0.1) is 6.61 Å². The summed E-state index contributed by atoms with van der Waals surface area (Å²) in [5.41, 5.74) is 1.95. The van der Waals surface area contributed by atoms with Crippen LogP contribution in [-0.2, 0) is 6.42 Å². The van der Waals surface area contributed by atoms with Gasteiger partial charge < -0.3 is 15.2 Å². The maximum atomic E-state index is 12.5. The average molecular weight is 403 g/mol. The van der Waals surface area contributed by atoms with Gasteiger partial charge in [0.25, 0.3) is 5.91 Å². The summed E-state index contributed by atoms with van der Waals surface area (Å²) < 4.78 is 5.74. The first-order chi connectivity index (χ1) is 14.6. The first-order valence-electron chi connectivity index (χ1n) is 9.98. The largest absolute Gasteiger partial charge is 0.494 e. The van der Waals surface area contributed by atoms with Gasteiger partial charge in [0, 0.05) is 11.1 Å². The number of aryl methyl sites for hydroxylation is 1. The molecule has 154 valence electrons.